The van der Waals surface area contributed by atoms with Gasteiger partial charge in [-0.05, 0) is 57.1 Å². The monoisotopic (exact) mass is 266 g/mol. The van der Waals surface area contributed by atoms with E-state index in [0.29, 0.717) is 12.4 Å². The van der Waals surface area contributed by atoms with Crippen molar-refractivity contribution in [2.45, 2.75) is 19.9 Å². The minimum atomic E-state index is -0.259. The van der Waals surface area contributed by atoms with Gasteiger partial charge >= 0.3 is 0 Å². The third-order valence-electron chi connectivity index (χ3n) is 3.57. The molecule has 1 aliphatic heterocycles. The molecular weight excluding hydrogens is 243 g/mol. The van der Waals surface area contributed by atoms with Gasteiger partial charge in [0.25, 0.3) is 0 Å². The van der Waals surface area contributed by atoms with Gasteiger partial charge in [0.15, 0.2) is 11.6 Å². The second-order valence-electron chi connectivity index (χ2n) is 5.15. The molecule has 1 unspecified atom stereocenters. The number of rotatable bonds is 6. The van der Waals surface area contributed by atoms with E-state index in [0.717, 1.165) is 37.7 Å². The van der Waals surface area contributed by atoms with Gasteiger partial charge in [-0.25, -0.2) is 4.39 Å². The highest BCUT2D eigenvalue weighted by molar-refractivity contribution is 5.29. The lowest BCUT2D eigenvalue weighted by Gasteiger charge is -2.16. The van der Waals surface area contributed by atoms with Gasteiger partial charge in [0.05, 0.1) is 6.61 Å². The Hall–Kier alpha value is -1.13. The van der Waals surface area contributed by atoms with Gasteiger partial charge in [-0.1, -0.05) is 6.07 Å². The van der Waals surface area contributed by atoms with Crippen molar-refractivity contribution in [1.82, 2.24) is 10.2 Å². The maximum atomic E-state index is 13.8. The smallest absolute Gasteiger partial charge is 0.165 e. The number of benzene rings is 1. The molecule has 1 atom stereocenters. The van der Waals surface area contributed by atoms with Crippen LogP contribution in [0, 0.1) is 11.7 Å². The van der Waals surface area contributed by atoms with Crippen LogP contribution in [0.1, 0.15) is 18.9 Å². The summed E-state index contributed by atoms with van der Waals surface area (Å²) in [6, 6.07) is 5.28. The summed E-state index contributed by atoms with van der Waals surface area (Å²) in [5.74, 6) is 0.809. The van der Waals surface area contributed by atoms with E-state index in [9.17, 15) is 4.39 Å². The normalized spacial score (nSPS) is 19.8. The summed E-state index contributed by atoms with van der Waals surface area (Å²) in [5.41, 5.74) is 1.02. The molecule has 0 bridgehead atoms. The van der Waals surface area contributed by atoms with E-state index in [1.165, 1.54) is 6.42 Å². The highest BCUT2D eigenvalue weighted by atomic mass is 19.1. The fourth-order valence-corrected chi connectivity index (χ4v) is 2.69. The number of nitrogens with one attached hydrogen (secondary N) is 1. The summed E-state index contributed by atoms with van der Waals surface area (Å²) in [4.78, 5) is 2.39. The van der Waals surface area contributed by atoms with Crippen LogP contribution in [0.4, 0.5) is 4.39 Å². The molecule has 2 rings (SSSR count). The highest BCUT2D eigenvalue weighted by Gasteiger charge is 2.21. The second kappa shape index (κ2) is 6.87. The average Bonchev–Trinajstić information content (AvgIpc) is 2.81. The van der Waals surface area contributed by atoms with Gasteiger partial charge < -0.3 is 10.1 Å². The maximum absolute atomic E-state index is 13.8. The Labute approximate surface area is 114 Å². The quantitative estimate of drug-likeness (QED) is 0.855. The van der Waals surface area contributed by atoms with Crippen molar-refractivity contribution in [2.75, 3.05) is 33.3 Å². The molecule has 0 amide bonds. The van der Waals surface area contributed by atoms with Crippen LogP contribution in [0.25, 0.3) is 0 Å². The molecule has 0 aromatic heterocycles. The molecule has 0 spiro atoms. The van der Waals surface area contributed by atoms with Crippen LogP contribution in [-0.4, -0.2) is 38.2 Å². The van der Waals surface area contributed by atoms with E-state index in [-0.39, 0.29) is 5.82 Å². The van der Waals surface area contributed by atoms with E-state index >= 15 is 0 Å². The molecule has 0 radical (unpaired) electrons. The summed E-state index contributed by atoms with van der Waals surface area (Å²) in [7, 11) is 1.99. The first-order valence-electron chi connectivity index (χ1n) is 7.01. The van der Waals surface area contributed by atoms with E-state index in [4.69, 9.17) is 4.74 Å². The summed E-state index contributed by atoms with van der Waals surface area (Å²) < 4.78 is 19.0. The van der Waals surface area contributed by atoms with Gasteiger partial charge in [-0.15, -0.1) is 0 Å². The molecule has 1 aromatic rings. The van der Waals surface area contributed by atoms with Crippen LogP contribution in [-0.2, 0) is 6.54 Å². The number of ether oxygens (including phenoxy) is 1. The van der Waals surface area contributed by atoms with Crippen LogP contribution >= 0.6 is 0 Å². The number of hydrogen-bond donors (Lipinski definition) is 1. The van der Waals surface area contributed by atoms with Gasteiger partial charge in [0.2, 0.25) is 0 Å². The van der Waals surface area contributed by atoms with Crippen LogP contribution in [0.3, 0.4) is 0 Å². The van der Waals surface area contributed by atoms with Crippen molar-refractivity contribution in [3.8, 4) is 5.75 Å². The molecule has 4 heteroatoms. The molecule has 106 valence electrons. The lowest BCUT2D eigenvalue weighted by molar-refractivity contribution is 0.310. The number of hydrogen-bond acceptors (Lipinski definition) is 3. The SMILES string of the molecule is CCOc1ccc(CN2CCC(CNC)C2)cc1F. The fraction of sp³-hybridized carbons (Fsp3) is 0.600. The van der Waals surface area contributed by atoms with Crippen molar-refractivity contribution < 1.29 is 9.13 Å². The van der Waals surface area contributed by atoms with Gasteiger partial charge in [0.1, 0.15) is 0 Å². The zero-order valence-corrected chi connectivity index (χ0v) is 11.8. The van der Waals surface area contributed by atoms with Crippen LogP contribution < -0.4 is 10.1 Å². The maximum Gasteiger partial charge on any atom is 0.165 e. The van der Waals surface area contributed by atoms with Crippen molar-refractivity contribution >= 4 is 0 Å². The third kappa shape index (κ3) is 3.91. The van der Waals surface area contributed by atoms with Gasteiger partial charge in [-0.2, -0.15) is 0 Å². The first kappa shape index (κ1) is 14.3. The summed E-state index contributed by atoms with van der Waals surface area (Å²) in [6.07, 6.45) is 1.22. The van der Waals surface area contributed by atoms with Crippen LogP contribution in [0.15, 0.2) is 18.2 Å². The number of halogens is 1. The summed E-state index contributed by atoms with van der Waals surface area (Å²) in [6.45, 7) is 6.43. The molecular formula is C15H23FN2O. The van der Waals surface area contributed by atoms with Crippen molar-refractivity contribution in [1.29, 1.82) is 0 Å². The molecule has 0 saturated carbocycles. The first-order chi connectivity index (χ1) is 9.22. The molecule has 3 nitrogen and oxygen atoms in total. The van der Waals surface area contributed by atoms with E-state index < -0.39 is 0 Å². The van der Waals surface area contributed by atoms with Gasteiger partial charge in [-0.3, -0.25) is 4.90 Å². The topological polar surface area (TPSA) is 24.5 Å². The van der Waals surface area contributed by atoms with E-state index in [2.05, 4.69) is 10.2 Å². The Kier molecular flexibility index (Phi) is 5.16. The zero-order valence-electron chi connectivity index (χ0n) is 11.8. The predicted molar refractivity (Wildman–Crippen MR) is 74.9 cm³/mol. The zero-order chi connectivity index (χ0) is 13.7. The Bertz CT molecular complexity index is 411. The summed E-state index contributed by atoms with van der Waals surface area (Å²) >= 11 is 0. The lowest BCUT2D eigenvalue weighted by Crippen LogP contribution is -2.24. The highest BCUT2D eigenvalue weighted by Crippen LogP contribution is 2.22. The van der Waals surface area contributed by atoms with Crippen molar-refractivity contribution in [3.63, 3.8) is 0 Å². The van der Waals surface area contributed by atoms with Gasteiger partial charge in [0, 0.05) is 13.1 Å². The second-order valence-corrected chi connectivity index (χ2v) is 5.15. The Balaban J connectivity index is 1.91. The molecule has 1 fully saturated rings. The van der Waals surface area contributed by atoms with Crippen LogP contribution in [0.2, 0.25) is 0 Å². The van der Waals surface area contributed by atoms with E-state index in [1.54, 1.807) is 12.1 Å². The van der Waals surface area contributed by atoms with Crippen molar-refractivity contribution in [3.05, 3.63) is 29.6 Å². The predicted octanol–water partition coefficient (Wildman–Crippen LogP) is 2.27. The summed E-state index contributed by atoms with van der Waals surface area (Å²) in [5, 5.41) is 3.22. The third-order valence-corrected chi connectivity index (χ3v) is 3.57. The lowest BCUT2D eigenvalue weighted by atomic mass is 10.1. The minimum absolute atomic E-state index is 0.259. The number of nitrogens with zero attached hydrogens (tertiary/aromatic N) is 1. The fourth-order valence-electron chi connectivity index (χ4n) is 2.69. The molecule has 1 N–H and O–H groups in total. The largest absolute Gasteiger partial charge is 0.491 e. The molecule has 19 heavy (non-hydrogen) atoms. The molecule has 1 aliphatic rings. The Morgan fingerprint density at radius 1 is 1.47 bits per heavy atom. The Morgan fingerprint density at radius 3 is 3.00 bits per heavy atom. The van der Waals surface area contributed by atoms with Crippen LogP contribution in [0.5, 0.6) is 5.75 Å². The number of likely N-dealkylation sites (tertiary alicyclic amines) is 1. The average molecular weight is 266 g/mol. The van der Waals surface area contributed by atoms with E-state index in [1.807, 2.05) is 20.0 Å². The molecule has 1 heterocycles. The molecule has 1 aromatic carbocycles. The standard InChI is InChI=1S/C15H23FN2O/c1-3-19-15-5-4-12(8-14(15)16)10-18-7-6-13(11-18)9-17-2/h4-5,8,13,17H,3,6-7,9-11H2,1-2H3. The Morgan fingerprint density at radius 2 is 2.32 bits per heavy atom. The molecule has 0 aliphatic carbocycles. The first-order valence-corrected chi connectivity index (χ1v) is 7.01. The minimum Gasteiger partial charge on any atom is -0.491 e. The van der Waals surface area contributed by atoms with Crippen molar-refractivity contribution in [2.24, 2.45) is 5.92 Å². The molecule has 1 saturated heterocycles.